The van der Waals surface area contributed by atoms with Crippen LogP contribution in [0.25, 0.3) is 0 Å². The second-order valence-electron chi connectivity index (χ2n) is 4.54. The van der Waals surface area contributed by atoms with E-state index in [1.165, 1.54) is 23.1 Å². The third kappa shape index (κ3) is 1.27. The van der Waals surface area contributed by atoms with E-state index >= 15 is 0 Å². The third-order valence-electron chi connectivity index (χ3n) is 3.79. The van der Waals surface area contributed by atoms with Crippen molar-refractivity contribution in [1.82, 2.24) is 0 Å². The monoisotopic (exact) mass is 190 g/mol. The lowest BCUT2D eigenvalue weighted by atomic mass is 9.63. The van der Waals surface area contributed by atoms with Crippen LogP contribution < -0.4 is 0 Å². The van der Waals surface area contributed by atoms with E-state index in [1.54, 1.807) is 0 Å². The van der Waals surface area contributed by atoms with Gasteiger partial charge < -0.3 is 5.11 Å². The van der Waals surface area contributed by atoms with Crippen molar-refractivity contribution in [3.8, 4) is 0 Å². The summed E-state index contributed by atoms with van der Waals surface area (Å²) < 4.78 is 0. The zero-order chi connectivity index (χ0) is 10.2. The summed E-state index contributed by atoms with van der Waals surface area (Å²) in [7, 11) is 0. The molecule has 1 aromatic rings. The Morgan fingerprint density at radius 2 is 2.00 bits per heavy atom. The Kier molecular flexibility index (Phi) is 2.36. The summed E-state index contributed by atoms with van der Waals surface area (Å²) in [6.45, 7) is 4.61. The van der Waals surface area contributed by atoms with Crippen LogP contribution in [0.15, 0.2) is 18.2 Å². The van der Waals surface area contributed by atoms with Crippen molar-refractivity contribution in [3.63, 3.8) is 0 Å². The van der Waals surface area contributed by atoms with Crippen LogP contribution >= 0.6 is 0 Å². The van der Waals surface area contributed by atoms with E-state index in [1.807, 2.05) is 0 Å². The van der Waals surface area contributed by atoms with Gasteiger partial charge in [-0.15, -0.1) is 0 Å². The summed E-state index contributed by atoms with van der Waals surface area (Å²) in [6.07, 6.45) is 3.55. The second kappa shape index (κ2) is 3.39. The first-order valence-electron chi connectivity index (χ1n) is 5.37. The first kappa shape index (κ1) is 9.72. The maximum atomic E-state index is 9.51. The average Bonchev–Trinajstić information content (AvgIpc) is 2.11. The van der Waals surface area contributed by atoms with E-state index in [9.17, 15) is 5.11 Å². The Balaban J connectivity index is 2.45. The van der Waals surface area contributed by atoms with Crippen LogP contribution in [0.3, 0.4) is 0 Å². The maximum Gasteiger partial charge on any atom is 0.0528 e. The molecule has 0 radical (unpaired) electrons. The first-order valence-corrected chi connectivity index (χ1v) is 5.37. The summed E-state index contributed by atoms with van der Waals surface area (Å²) in [4.78, 5) is 0. The zero-order valence-electron chi connectivity index (χ0n) is 9.01. The van der Waals surface area contributed by atoms with Gasteiger partial charge in [-0.2, -0.15) is 0 Å². The molecule has 0 heterocycles. The lowest BCUT2D eigenvalue weighted by Crippen LogP contribution is -2.38. The summed E-state index contributed by atoms with van der Waals surface area (Å²) >= 11 is 0. The van der Waals surface area contributed by atoms with E-state index < -0.39 is 0 Å². The quantitative estimate of drug-likeness (QED) is 0.760. The van der Waals surface area contributed by atoms with Gasteiger partial charge in [-0.3, -0.25) is 0 Å². The number of aliphatic hydroxyl groups is 1. The minimum absolute atomic E-state index is 0.0934. The van der Waals surface area contributed by atoms with Crippen LogP contribution in [0.4, 0.5) is 0 Å². The van der Waals surface area contributed by atoms with E-state index in [0.29, 0.717) is 6.61 Å². The molecule has 0 bridgehead atoms. The Hall–Kier alpha value is -0.820. The zero-order valence-corrected chi connectivity index (χ0v) is 9.01. The van der Waals surface area contributed by atoms with Gasteiger partial charge in [0.2, 0.25) is 0 Å². The molecular weight excluding hydrogens is 172 g/mol. The van der Waals surface area contributed by atoms with Crippen molar-refractivity contribution in [2.45, 2.75) is 38.5 Å². The van der Waals surface area contributed by atoms with E-state index in [4.69, 9.17) is 0 Å². The average molecular weight is 190 g/mol. The van der Waals surface area contributed by atoms with E-state index in [0.717, 1.165) is 12.8 Å². The number of benzene rings is 1. The molecule has 0 aliphatic heterocycles. The molecule has 1 N–H and O–H groups in total. The fourth-order valence-electron chi connectivity index (χ4n) is 2.44. The molecule has 0 aromatic heterocycles. The van der Waals surface area contributed by atoms with Gasteiger partial charge in [-0.05, 0) is 43.4 Å². The highest BCUT2D eigenvalue weighted by Gasteiger charge is 2.38. The molecule has 1 aliphatic rings. The summed E-state index contributed by atoms with van der Waals surface area (Å²) in [5.41, 5.74) is 4.16. The smallest absolute Gasteiger partial charge is 0.0528 e. The van der Waals surface area contributed by atoms with Gasteiger partial charge in [0.05, 0.1) is 6.61 Å². The third-order valence-corrected chi connectivity index (χ3v) is 3.79. The molecule has 1 aromatic carbocycles. The molecule has 1 saturated carbocycles. The van der Waals surface area contributed by atoms with Gasteiger partial charge in [-0.25, -0.2) is 0 Å². The van der Waals surface area contributed by atoms with Gasteiger partial charge in [-0.1, -0.05) is 24.6 Å². The number of aryl methyl sites for hydroxylation is 1. The van der Waals surface area contributed by atoms with Crippen molar-refractivity contribution in [3.05, 3.63) is 34.9 Å². The number of hydrogen-bond donors (Lipinski definition) is 1. The van der Waals surface area contributed by atoms with Crippen molar-refractivity contribution in [2.24, 2.45) is 0 Å². The van der Waals surface area contributed by atoms with Crippen LogP contribution in [0, 0.1) is 13.8 Å². The Bertz CT molecular complexity index is 332. The molecular formula is C13H18O. The molecule has 0 amide bonds. The highest BCUT2D eigenvalue weighted by Crippen LogP contribution is 2.44. The van der Waals surface area contributed by atoms with Crippen LogP contribution in [-0.4, -0.2) is 11.7 Å². The molecule has 0 unspecified atom stereocenters. The largest absolute Gasteiger partial charge is 0.395 e. The van der Waals surface area contributed by atoms with Crippen LogP contribution in [0.5, 0.6) is 0 Å². The normalized spacial score (nSPS) is 19.1. The highest BCUT2D eigenvalue weighted by atomic mass is 16.3. The summed E-state index contributed by atoms with van der Waals surface area (Å²) in [5, 5.41) is 9.51. The molecule has 1 fully saturated rings. The second-order valence-corrected chi connectivity index (χ2v) is 4.54. The van der Waals surface area contributed by atoms with Gasteiger partial charge >= 0.3 is 0 Å². The fraction of sp³-hybridized carbons (Fsp3) is 0.538. The molecule has 1 heteroatoms. The molecule has 1 nitrogen and oxygen atoms in total. The Labute approximate surface area is 85.8 Å². The van der Waals surface area contributed by atoms with Crippen molar-refractivity contribution in [2.75, 3.05) is 6.61 Å². The molecule has 0 saturated heterocycles. The molecule has 76 valence electrons. The highest BCUT2D eigenvalue weighted by molar-refractivity contribution is 5.40. The SMILES string of the molecule is Cc1cccc(C2(CO)CCC2)c1C. The standard InChI is InChI=1S/C13H18O/c1-10-5-3-6-12(11(10)2)13(9-14)7-4-8-13/h3,5-6,14H,4,7-9H2,1-2H3. The van der Waals surface area contributed by atoms with Crippen LogP contribution in [-0.2, 0) is 5.41 Å². The van der Waals surface area contributed by atoms with Gasteiger partial charge in [0.25, 0.3) is 0 Å². The molecule has 14 heavy (non-hydrogen) atoms. The van der Waals surface area contributed by atoms with Gasteiger partial charge in [0.15, 0.2) is 0 Å². The number of aliphatic hydroxyl groups excluding tert-OH is 1. The summed E-state index contributed by atoms with van der Waals surface area (Å²) in [6, 6.07) is 6.42. The Morgan fingerprint density at radius 3 is 2.50 bits per heavy atom. The topological polar surface area (TPSA) is 20.2 Å². The lowest BCUT2D eigenvalue weighted by molar-refractivity contribution is 0.119. The Morgan fingerprint density at radius 1 is 1.29 bits per heavy atom. The minimum Gasteiger partial charge on any atom is -0.395 e. The van der Waals surface area contributed by atoms with Crippen LogP contribution in [0.2, 0.25) is 0 Å². The van der Waals surface area contributed by atoms with Crippen molar-refractivity contribution >= 4 is 0 Å². The van der Waals surface area contributed by atoms with Crippen molar-refractivity contribution in [1.29, 1.82) is 0 Å². The predicted octanol–water partition coefficient (Wildman–Crippen LogP) is 2.72. The summed E-state index contributed by atoms with van der Waals surface area (Å²) in [5.74, 6) is 0. The minimum atomic E-state index is 0.0934. The number of rotatable bonds is 2. The van der Waals surface area contributed by atoms with E-state index in [-0.39, 0.29) is 5.41 Å². The van der Waals surface area contributed by atoms with Gasteiger partial charge in [0.1, 0.15) is 0 Å². The fourth-order valence-corrected chi connectivity index (χ4v) is 2.44. The first-order chi connectivity index (χ1) is 6.69. The molecule has 2 rings (SSSR count). The van der Waals surface area contributed by atoms with Crippen LogP contribution in [0.1, 0.15) is 36.0 Å². The predicted molar refractivity (Wildman–Crippen MR) is 58.5 cm³/mol. The van der Waals surface area contributed by atoms with Gasteiger partial charge in [0, 0.05) is 5.41 Å². The van der Waals surface area contributed by atoms with Crippen molar-refractivity contribution < 1.29 is 5.11 Å². The molecule has 0 atom stereocenters. The molecule has 0 spiro atoms. The number of hydrogen-bond acceptors (Lipinski definition) is 1. The lowest BCUT2D eigenvalue weighted by Gasteiger charge is -2.42. The molecule has 1 aliphatic carbocycles. The maximum absolute atomic E-state index is 9.51. The van der Waals surface area contributed by atoms with E-state index in [2.05, 4.69) is 32.0 Å².